The van der Waals surface area contributed by atoms with Crippen LogP contribution in [0.25, 0.3) is 0 Å². The summed E-state index contributed by atoms with van der Waals surface area (Å²) < 4.78 is 34.0. The van der Waals surface area contributed by atoms with Crippen molar-refractivity contribution in [2.24, 2.45) is 5.41 Å². The monoisotopic (exact) mass is 494 g/mol. The Bertz CT molecular complexity index is 1060. The molecule has 0 fully saturated rings. The summed E-state index contributed by atoms with van der Waals surface area (Å²) in [6, 6.07) is 13.2. The van der Waals surface area contributed by atoms with Gasteiger partial charge in [-0.2, -0.15) is 4.31 Å². The van der Waals surface area contributed by atoms with Crippen molar-refractivity contribution in [1.82, 2.24) is 9.62 Å². The Morgan fingerprint density at radius 3 is 2.35 bits per heavy atom. The van der Waals surface area contributed by atoms with Gasteiger partial charge >= 0.3 is 6.09 Å². The first-order valence-corrected chi connectivity index (χ1v) is 12.4. The minimum Gasteiger partial charge on any atom is -0.496 e. The molecule has 10 heteroatoms. The maximum Gasteiger partial charge on any atom is 0.406 e. The van der Waals surface area contributed by atoms with E-state index in [1.54, 1.807) is 36.4 Å². The Labute approximate surface area is 201 Å². The molecule has 0 aliphatic heterocycles. The maximum absolute atomic E-state index is 13.8. The fourth-order valence-electron chi connectivity index (χ4n) is 3.75. The minimum atomic E-state index is -4.26. The molecule has 0 aliphatic carbocycles. The van der Waals surface area contributed by atoms with Gasteiger partial charge in [0.15, 0.2) is 0 Å². The number of rotatable bonds is 12. The maximum atomic E-state index is 13.8. The van der Waals surface area contributed by atoms with Crippen LogP contribution >= 0.6 is 0 Å². The number of amides is 1. The van der Waals surface area contributed by atoms with Gasteiger partial charge < -0.3 is 25.4 Å². The number of methoxy groups -OCH3 is 1. The van der Waals surface area contributed by atoms with E-state index in [2.05, 4.69) is 5.32 Å². The quantitative estimate of drug-likeness (QED) is 0.333. The number of carbonyl (C=O) groups is 1. The summed E-state index contributed by atoms with van der Waals surface area (Å²) in [5.41, 5.74) is 0.949. The smallest absolute Gasteiger partial charge is 0.406 e. The van der Waals surface area contributed by atoms with E-state index in [-0.39, 0.29) is 23.5 Å². The van der Waals surface area contributed by atoms with Crippen molar-refractivity contribution in [3.63, 3.8) is 0 Å². The van der Waals surface area contributed by atoms with Gasteiger partial charge in [-0.15, -0.1) is 0 Å². The highest BCUT2D eigenvalue weighted by Crippen LogP contribution is 2.33. The number of ether oxygens (including phenoxy) is 1. The number of nitrogens with one attached hydrogen (secondary N) is 1. The molecule has 0 radical (unpaired) electrons. The zero-order valence-electron chi connectivity index (χ0n) is 19.9. The highest BCUT2D eigenvalue weighted by atomic mass is 32.2. The van der Waals surface area contributed by atoms with E-state index in [9.17, 15) is 28.5 Å². The zero-order chi connectivity index (χ0) is 25.5. The first-order valence-electron chi connectivity index (χ1n) is 10.9. The number of aliphatic hydroxyl groups is 2. The second-order valence-electron chi connectivity index (χ2n) is 8.96. The molecule has 2 rings (SSSR count). The van der Waals surface area contributed by atoms with Crippen molar-refractivity contribution in [2.75, 3.05) is 13.7 Å². The number of hydrogen-bond donors (Lipinski definition) is 4. The lowest BCUT2D eigenvalue weighted by molar-refractivity contribution is 0.0785. The number of nitrogens with zero attached hydrogens (tertiary/aromatic N) is 1. The second kappa shape index (κ2) is 11.7. The summed E-state index contributed by atoms with van der Waals surface area (Å²) in [6.07, 6.45) is -3.23. The molecule has 0 saturated carbocycles. The Kier molecular flexibility index (Phi) is 9.45. The van der Waals surface area contributed by atoms with Crippen LogP contribution in [0.5, 0.6) is 5.75 Å². The summed E-state index contributed by atoms with van der Waals surface area (Å²) >= 11 is 0. The van der Waals surface area contributed by atoms with Gasteiger partial charge in [-0.05, 0) is 54.5 Å². The number of benzene rings is 2. The molecule has 2 aromatic carbocycles. The lowest BCUT2D eigenvalue weighted by Crippen LogP contribution is -2.55. The summed E-state index contributed by atoms with van der Waals surface area (Å²) in [5, 5.41) is 31.1. The van der Waals surface area contributed by atoms with Crippen LogP contribution in [0, 0.1) is 5.41 Å². The van der Waals surface area contributed by atoms with E-state index in [1.807, 2.05) is 13.8 Å². The van der Waals surface area contributed by atoms with Gasteiger partial charge in [0.05, 0.1) is 18.1 Å². The second-order valence-corrected chi connectivity index (χ2v) is 10.8. The third-order valence-corrected chi connectivity index (χ3v) is 7.36. The Morgan fingerprint density at radius 1 is 1.18 bits per heavy atom. The van der Waals surface area contributed by atoms with Gasteiger partial charge in [-0.3, -0.25) is 0 Å². The summed E-state index contributed by atoms with van der Waals surface area (Å²) in [5.74, 6) is 0.510. The van der Waals surface area contributed by atoms with Crippen LogP contribution < -0.4 is 10.1 Å². The molecule has 0 bridgehead atoms. The van der Waals surface area contributed by atoms with Crippen molar-refractivity contribution in [1.29, 1.82) is 0 Å². The molecule has 2 atom stereocenters. The molecule has 1 amide bonds. The molecular formula is C24H34N2O7S. The van der Waals surface area contributed by atoms with Crippen LogP contribution in [0.15, 0.2) is 53.4 Å². The Balaban J connectivity index is 2.59. The number of hydrogen-bond acceptors (Lipinski definition) is 6. The van der Waals surface area contributed by atoms with Gasteiger partial charge in [-0.1, -0.05) is 44.2 Å². The van der Waals surface area contributed by atoms with E-state index in [1.165, 1.54) is 26.2 Å². The molecular weight excluding hydrogens is 460 g/mol. The van der Waals surface area contributed by atoms with E-state index in [0.717, 1.165) is 4.31 Å². The summed E-state index contributed by atoms with van der Waals surface area (Å²) in [6.45, 7) is 5.09. The number of aliphatic hydroxyl groups excluding tert-OH is 2. The molecule has 0 aliphatic rings. The Hall–Kier alpha value is -2.66. The van der Waals surface area contributed by atoms with Crippen LogP contribution in [0.4, 0.5) is 4.79 Å². The lowest BCUT2D eigenvalue weighted by atomic mass is 9.83. The molecule has 2 aromatic rings. The highest BCUT2D eigenvalue weighted by molar-refractivity contribution is 7.89. The fourth-order valence-corrected chi connectivity index (χ4v) is 5.40. The lowest BCUT2D eigenvalue weighted by Gasteiger charge is -2.33. The van der Waals surface area contributed by atoms with Gasteiger partial charge in [0.25, 0.3) is 0 Å². The van der Waals surface area contributed by atoms with E-state index in [4.69, 9.17) is 4.74 Å². The van der Waals surface area contributed by atoms with Crippen LogP contribution in [-0.4, -0.2) is 60.1 Å². The fraction of sp³-hybridized carbons (Fsp3) is 0.458. The van der Waals surface area contributed by atoms with Gasteiger partial charge in [0.2, 0.25) is 10.0 Å². The molecule has 0 heterocycles. The van der Waals surface area contributed by atoms with Crippen molar-refractivity contribution in [3.8, 4) is 5.75 Å². The van der Waals surface area contributed by atoms with Crippen molar-refractivity contribution in [2.45, 2.75) is 57.3 Å². The van der Waals surface area contributed by atoms with Crippen LogP contribution in [-0.2, 0) is 23.0 Å². The first-order chi connectivity index (χ1) is 15.9. The molecule has 188 valence electrons. The van der Waals surface area contributed by atoms with Gasteiger partial charge in [-0.25, -0.2) is 13.2 Å². The average Bonchev–Trinajstić information content (AvgIpc) is 2.76. The van der Waals surface area contributed by atoms with E-state index < -0.39 is 28.4 Å². The van der Waals surface area contributed by atoms with Gasteiger partial charge in [0.1, 0.15) is 11.9 Å². The zero-order valence-corrected chi connectivity index (χ0v) is 20.7. The molecule has 34 heavy (non-hydrogen) atoms. The van der Waals surface area contributed by atoms with Crippen molar-refractivity contribution < 1.29 is 33.3 Å². The summed E-state index contributed by atoms with van der Waals surface area (Å²) in [4.78, 5) is 11.4. The third-order valence-electron chi connectivity index (χ3n) is 5.54. The van der Waals surface area contributed by atoms with E-state index >= 15 is 0 Å². The molecule has 0 spiro atoms. The molecule has 0 unspecified atom stereocenters. The highest BCUT2D eigenvalue weighted by Gasteiger charge is 2.36. The minimum absolute atomic E-state index is 0.00488. The van der Waals surface area contributed by atoms with Crippen molar-refractivity contribution in [3.05, 3.63) is 59.7 Å². The number of sulfonamides is 1. The molecule has 4 N–H and O–H groups in total. The SMILES string of the molecule is COc1ccc(S(=O)(=O)N(Cc2ccccc2)[C@H](NC(=O)O)[C@@H](C)O)cc1CC(C)(C)CCO. The van der Waals surface area contributed by atoms with Crippen LogP contribution in [0.2, 0.25) is 0 Å². The Morgan fingerprint density at radius 2 is 1.82 bits per heavy atom. The van der Waals surface area contributed by atoms with Crippen LogP contribution in [0.3, 0.4) is 0 Å². The van der Waals surface area contributed by atoms with Gasteiger partial charge in [0, 0.05) is 13.2 Å². The van der Waals surface area contributed by atoms with Crippen LogP contribution in [0.1, 0.15) is 38.3 Å². The molecule has 9 nitrogen and oxygen atoms in total. The predicted octanol–water partition coefficient (Wildman–Crippen LogP) is 2.81. The van der Waals surface area contributed by atoms with Crippen molar-refractivity contribution >= 4 is 16.1 Å². The predicted molar refractivity (Wildman–Crippen MR) is 128 cm³/mol. The number of carboxylic acid groups (broad SMARTS) is 1. The third kappa shape index (κ3) is 7.17. The largest absolute Gasteiger partial charge is 0.496 e. The average molecular weight is 495 g/mol. The standard InChI is InChI=1S/C24H34N2O7S/c1-17(28)22(25-23(29)30)26(16-18-8-6-5-7-9-18)34(31,32)20-10-11-21(33-4)19(14-20)15-24(2,3)12-13-27/h5-11,14,17,22,25,27-28H,12-13,15-16H2,1-4H3,(H,29,30)/t17-,22+/m1/s1. The molecule has 0 aromatic heterocycles. The first kappa shape index (κ1) is 27.6. The topological polar surface area (TPSA) is 136 Å². The molecule has 0 saturated heterocycles. The normalized spacial score (nSPS) is 14.0. The van der Waals surface area contributed by atoms with E-state index in [0.29, 0.717) is 29.7 Å². The summed E-state index contributed by atoms with van der Waals surface area (Å²) in [7, 11) is -2.77.